The van der Waals surface area contributed by atoms with Crippen LogP contribution in [0.3, 0.4) is 0 Å². The van der Waals surface area contributed by atoms with E-state index in [4.69, 9.17) is 37.9 Å². The summed E-state index contributed by atoms with van der Waals surface area (Å²) in [7, 11) is -42.6. The maximum atomic E-state index is 9.87. The zero-order chi connectivity index (χ0) is 87.1. The molecule has 35 rings (SSSR count). The number of ether oxygens (including phenoxy) is 8. The number of thioether (sulfide) groups is 4. The molecule has 0 unspecified atom stereocenters. The van der Waals surface area contributed by atoms with Gasteiger partial charge in [-0.15, -0.1) is 0 Å². The standard InChI is InChI=1S/C36H32N4.C36H48N2O8S4.4F6P/c1-2-30-4-3-29(1)25-37-17-9-33(10-18-37)35-13-21-39(22-14-35)27-31-5-7-32(8-6-31)28-40-23-15-36(16-24-40)34-11-19-38(26-30)20-12-34;1-25-31-32-26(2)37(25)9-11-39-13-15-41-17-19-43-21-23-45-29-5-7-30(8-6-29)46-24-22-44-20-18-42-16-14-40-12-10-38-27(3)33-34(28(38)4)50-36(49-33)35(47-31)48-32;4*1-7(2,3,4,5)6/h1-24H,25-28H2;5-8H,9-24H2,1-4H3;;;;/q+4;;4*-1. The molecule has 0 radical (unpaired) electrons. The normalized spacial score (nSPS) is 18.1. The van der Waals surface area contributed by atoms with Crippen LogP contribution < -0.4 is 27.7 Å². The van der Waals surface area contributed by atoms with E-state index in [2.05, 4.69) is 202 Å². The molecule has 0 fully saturated rings. The van der Waals surface area contributed by atoms with E-state index in [1.54, 1.807) is 0 Å². The van der Waals surface area contributed by atoms with Crippen LogP contribution in [0.4, 0.5) is 101 Å². The number of aromatic nitrogens is 6. The molecule has 32 heterocycles. The van der Waals surface area contributed by atoms with Gasteiger partial charge in [0.05, 0.1) is 87.8 Å². The largest absolute Gasteiger partial charge is 0.201 e. The molecule has 118 heavy (non-hydrogen) atoms. The number of halogens is 24. The Balaban J connectivity index is 0.000000224. The van der Waals surface area contributed by atoms with E-state index in [1.807, 2.05) is 71.3 Å². The first-order chi connectivity index (χ1) is 54.0. The minimum absolute atomic E-state index is 0.468. The summed E-state index contributed by atoms with van der Waals surface area (Å²) in [5.74, 6) is 1.55. The monoisotopic (exact) mass is 1860 g/mol. The zero-order valence-electron chi connectivity index (χ0n) is 62.8. The minimum Gasteiger partial charge on any atom is -0.201 e. The second-order valence-corrected chi connectivity index (χ2v) is 38.6. The van der Waals surface area contributed by atoms with Crippen molar-refractivity contribution < 1.29 is 157 Å². The van der Waals surface area contributed by atoms with Gasteiger partial charge in [-0.3, -0.25) is 0 Å². The minimum atomic E-state index is -10.7. The van der Waals surface area contributed by atoms with Crippen LogP contribution in [0.15, 0.2) is 199 Å². The molecule has 0 saturated carbocycles. The Hall–Kier alpha value is -6.64. The summed E-state index contributed by atoms with van der Waals surface area (Å²) in [6.45, 7) is 21.5. The summed E-state index contributed by atoms with van der Waals surface area (Å²) in [6.07, 6.45) is 17.4. The van der Waals surface area contributed by atoms with Crippen LogP contribution in [-0.4, -0.2) is 102 Å². The first kappa shape index (κ1) is 96.8. The van der Waals surface area contributed by atoms with E-state index in [-0.39, 0.29) is 0 Å². The molecule has 0 aliphatic carbocycles. The van der Waals surface area contributed by atoms with Crippen molar-refractivity contribution in [3.8, 4) is 33.8 Å². The Bertz CT molecular complexity index is 4280. The van der Waals surface area contributed by atoms with Gasteiger partial charge in [-0.05, 0) is 74.2 Å². The molecule has 46 heteroatoms. The summed E-state index contributed by atoms with van der Waals surface area (Å²) < 4.78 is 299. The quantitative estimate of drug-likeness (QED) is 0.0821. The predicted octanol–water partition coefficient (Wildman–Crippen LogP) is 25.5. The second-order valence-electron chi connectivity index (χ2n) is 26.3. The summed E-state index contributed by atoms with van der Waals surface area (Å²) in [5.41, 5.74) is 15.4. The summed E-state index contributed by atoms with van der Waals surface area (Å²) in [6, 6.07) is 43.1. The van der Waals surface area contributed by atoms with E-state index in [0.29, 0.717) is 92.5 Å². The summed E-state index contributed by atoms with van der Waals surface area (Å²) >= 11 is 7.69. The molecule has 0 amide bonds. The number of pyridine rings is 4. The van der Waals surface area contributed by atoms with Gasteiger partial charge in [0.1, 0.15) is 24.7 Å². The molecule has 9 aromatic rings. The van der Waals surface area contributed by atoms with Crippen LogP contribution in [0.1, 0.15) is 45.0 Å². The van der Waals surface area contributed by atoms with E-state index in [1.165, 1.54) is 95.3 Å². The van der Waals surface area contributed by atoms with Crippen molar-refractivity contribution in [2.75, 3.05) is 92.5 Å². The van der Waals surface area contributed by atoms with Crippen LogP contribution in [0, 0.1) is 27.7 Å². The fourth-order valence-corrected chi connectivity index (χ4v) is 17.1. The molecule has 0 spiro atoms. The van der Waals surface area contributed by atoms with Gasteiger partial charge in [0, 0.05) is 126 Å². The van der Waals surface area contributed by atoms with Crippen molar-refractivity contribution in [2.24, 2.45) is 0 Å². The topological polar surface area (TPSA) is 99.2 Å². The van der Waals surface area contributed by atoms with Gasteiger partial charge in [0.15, 0.2) is 75.8 Å². The first-order valence-corrected chi connectivity index (χ1v) is 46.5. The van der Waals surface area contributed by atoms with Crippen molar-refractivity contribution >= 4 is 78.3 Å². The van der Waals surface area contributed by atoms with Crippen LogP contribution in [-0.2, 0) is 67.7 Å². The van der Waals surface area contributed by atoms with Gasteiger partial charge in [-0.25, -0.2) is 18.3 Å². The van der Waals surface area contributed by atoms with Crippen molar-refractivity contribution in [1.82, 2.24) is 9.13 Å². The smallest absolute Gasteiger partial charge is 0.173 e. The van der Waals surface area contributed by atoms with Gasteiger partial charge < -0.3 is 47.0 Å². The Kier molecular flexibility index (Phi) is 29.6. The fraction of sp³-hybridized carbons (Fsp3) is 0.333. The Morgan fingerprint density at radius 1 is 0.246 bits per heavy atom. The number of nitrogens with zero attached hydrogens (tertiary/aromatic N) is 6. The third-order valence-electron chi connectivity index (χ3n) is 16.3. The summed E-state index contributed by atoms with van der Waals surface area (Å²) in [4.78, 5) is 5.54. The first-order valence-electron chi connectivity index (χ1n) is 35.1. The maximum Gasteiger partial charge on any atom is 0.173 e. The average Bonchev–Trinajstić information content (AvgIpc) is 1.70. The van der Waals surface area contributed by atoms with Gasteiger partial charge in [0.25, 0.3) is 0 Å². The van der Waals surface area contributed by atoms with Crippen molar-refractivity contribution in [2.45, 2.75) is 86.5 Å². The number of hydrogen-bond donors (Lipinski definition) is 0. The van der Waals surface area contributed by atoms with E-state index in [9.17, 15) is 101 Å². The van der Waals surface area contributed by atoms with E-state index >= 15 is 0 Å². The molecule has 658 valence electrons. The third kappa shape index (κ3) is 40.8. The Morgan fingerprint density at radius 3 is 0.602 bits per heavy atom. The Labute approximate surface area is 678 Å². The Morgan fingerprint density at radius 2 is 0.415 bits per heavy atom. The fourth-order valence-electron chi connectivity index (χ4n) is 11.2. The van der Waals surface area contributed by atoms with Gasteiger partial charge in [-0.2, -0.15) is 0 Å². The SMILES string of the molecule is Cc1c2c3c(C)n1CCOCCOCCOCCOc1ccc(cc1)OCCOCCOCCOCCn1c(C)c4c(c1C)SC(=C(S2)S3)S4.F[P-](F)(F)(F)(F)F.F[P-](F)(F)(F)(F)F.F[P-](F)(F)(F)(F)F.F[P-](F)(F)(F)(F)F.c1cc2ccc1C[n+]1ccc(cc1)-c1cc[n+](cc1)Cc1ccc(cc1)C[n+]1ccc(cc1)-c1cc[n+](cc1)C2. The molecule has 0 N–H and O–H groups in total. The van der Waals surface area contributed by atoms with Crippen LogP contribution in [0.5, 0.6) is 11.5 Å². The van der Waals surface area contributed by atoms with Gasteiger partial charge in [-0.1, -0.05) is 95.6 Å². The number of benzene rings is 3. The van der Waals surface area contributed by atoms with Gasteiger partial charge >= 0.3 is 132 Å². The summed E-state index contributed by atoms with van der Waals surface area (Å²) in [5, 5.41) is 0. The second kappa shape index (κ2) is 36.0. The molecule has 0 saturated heterocycles. The maximum absolute atomic E-state index is 10.7. The van der Waals surface area contributed by atoms with Gasteiger partial charge in [0.2, 0.25) is 0 Å². The molecule has 14 nitrogen and oxygen atoms in total. The van der Waals surface area contributed by atoms with Crippen molar-refractivity contribution in [1.29, 1.82) is 0 Å². The average molecular weight is 1870 g/mol. The molecule has 0 atom stereocenters. The van der Waals surface area contributed by atoms with Crippen LogP contribution >= 0.6 is 78.3 Å². The molecule has 22 bridgehead atoms. The van der Waals surface area contributed by atoms with E-state index in [0.717, 1.165) is 50.8 Å². The van der Waals surface area contributed by atoms with Crippen LogP contribution in [0.25, 0.3) is 22.3 Å². The molecule has 26 aliphatic rings. The van der Waals surface area contributed by atoms with E-state index < -0.39 is 31.2 Å². The molecular formula is C72H80F24N6O8P4S4. The molecule has 26 aliphatic heterocycles. The van der Waals surface area contributed by atoms with Crippen molar-refractivity contribution in [3.05, 3.63) is 224 Å². The zero-order valence-corrected chi connectivity index (χ0v) is 69.6. The van der Waals surface area contributed by atoms with Crippen LogP contribution in [0.2, 0.25) is 0 Å². The molecule has 6 aromatic heterocycles. The van der Waals surface area contributed by atoms with Crippen molar-refractivity contribution in [3.63, 3.8) is 0 Å². The number of hydrogen-bond acceptors (Lipinski definition) is 12. The third-order valence-corrected chi connectivity index (χ3v) is 22.4. The predicted molar refractivity (Wildman–Crippen MR) is 409 cm³/mol. The molecular weight excluding hydrogens is 1780 g/mol. The number of rotatable bonds is 0. The molecule has 3 aromatic carbocycles.